The fourth-order valence-electron chi connectivity index (χ4n) is 1.89. The number of alkyl halides is 2. The second kappa shape index (κ2) is 4.63. The number of nitrogens with two attached hydrogens (primary N) is 1. The highest BCUT2D eigenvalue weighted by Gasteiger charge is 2.23. The van der Waals surface area contributed by atoms with Gasteiger partial charge in [0.15, 0.2) is 5.13 Å². The van der Waals surface area contributed by atoms with Crippen LogP contribution in [0.25, 0.3) is 0 Å². The number of thiazole rings is 1. The van der Waals surface area contributed by atoms with Gasteiger partial charge in [-0.05, 0) is 19.3 Å². The SMILES string of the molecule is CN(CC(F)F)c1nc2c(s1)CCCC2N. The molecule has 1 atom stereocenters. The van der Waals surface area contributed by atoms with Crippen molar-refractivity contribution in [3.05, 3.63) is 10.6 Å². The molecular formula is C10H15F2N3S. The van der Waals surface area contributed by atoms with E-state index in [1.54, 1.807) is 7.05 Å². The summed E-state index contributed by atoms with van der Waals surface area (Å²) in [5.74, 6) is 0. The third-order valence-corrected chi connectivity index (χ3v) is 3.97. The molecule has 0 fully saturated rings. The van der Waals surface area contributed by atoms with Gasteiger partial charge in [-0.15, -0.1) is 11.3 Å². The van der Waals surface area contributed by atoms with Crippen LogP contribution in [-0.2, 0) is 6.42 Å². The van der Waals surface area contributed by atoms with Crippen LogP contribution in [0.1, 0.15) is 29.5 Å². The van der Waals surface area contributed by atoms with Crippen molar-refractivity contribution in [3.8, 4) is 0 Å². The van der Waals surface area contributed by atoms with Crippen molar-refractivity contribution in [2.24, 2.45) is 5.73 Å². The molecule has 1 aromatic heterocycles. The maximum Gasteiger partial charge on any atom is 0.255 e. The summed E-state index contributed by atoms with van der Waals surface area (Å²) in [5.41, 5.74) is 6.85. The smallest absolute Gasteiger partial charge is 0.255 e. The molecular weight excluding hydrogens is 232 g/mol. The Morgan fingerprint density at radius 1 is 1.62 bits per heavy atom. The van der Waals surface area contributed by atoms with Gasteiger partial charge < -0.3 is 10.6 Å². The molecule has 16 heavy (non-hydrogen) atoms. The lowest BCUT2D eigenvalue weighted by atomic mass is 9.99. The quantitative estimate of drug-likeness (QED) is 0.890. The van der Waals surface area contributed by atoms with Gasteiger partial charge in [0.1, 0.15) is 0 Å². The molecule has 0 spiro atoms. The average molecular weight is 247 g/mol. The van der Waals surface area contributed by atoms with Crippen LogP contribution in [0.2, 0.25) is 0 Å². The molecule has 0 amide bonds. The van der Waals surface area contributed by atoms with Gasteiger partial charge in [-0.1, -0.05) is 0 Å². The Balaban J connectivity index is 2.17. The van der Waals surface area contributed by atoms with E-state index < -0.39 is 6.43 Å². The minimum absolute atomic E-state index is 0.0197. The van der Waals surface area contributed by atoms with E-state index in [9.17, 15) is 8.78 Å². The molecule has 1 aliphatic carbocycles. The molecule has 0 aliphatic heterocycles. The van der Waals surface area contributed by atoms with E-state index in [1.807, 2.05) is 0 Å². The van der Waals surface area contributed by atoms with E-state index >= 15 is 0 Å². The Bertz CT molecular complexity index is 367. The number of hydrogen-bond acceptors (Lipinski definition) is 4. The first-order chi connectivity index (χ1) is 7.58. The van der Waals surface area contributed by atoms with E-state index in [2.05, 4.69) is 4.98 Å². The number of anilines is 1. The normalized spacial score (nSPS) is 19.9. The first-order valence-electron chi connectivity index (χ1n) is 5.32. The van der Waals surface area contributed by atoms with Crippen LogP contribution in [0.5, 0.6) is 0 Å². The molecule has 2 rings (SSSR count). The van der Waals surface area contributed by atoms with Gasteiger partial charge in [0.2, 0.25) is 0 Å². The van der Waals surface area contributed by atoms with Gasteiger partial charge in [0.05, 0.1) is 12.2 Å². The number of aromatic nitrogens is 1. The van der Waals surface area contributed by atoms with Crippen LogP contribution < -0.4 is 10.6 Å². The molecule has 1 unspecified atom stereocenters. The van der Waals surface area contributed by atoms with E-state index in [-0.39, 0.29) is 12.6 Å². The molecule has 2 N–H and O–H groups in total. The Kier molecular flexibility index (Phi) is 3.39. The fourth-order valence-corrected chi connectivity index (χ4v) is 3.03. The minimum Gasteiger partial charge on any atom is -0.345 e. The van der Waals surface area contributed by atoms with E-state index in [0.717, 1.165) is 29.8 Å². The predicted octanol–water partition coefficient (Wildman–Crippen LogP) is 2.18. The summed E-state index contributed by atoms with van der Waals surface area (Å²) in [6.07, 6.45) is 0.645. The average Bonchev–Trinajstić information content (AvgIpc) is 2.61. The standard InChI is InChI=1S/C10H15F2N3S/c1-15(5-8(11)12)10-14-9-6(13)3-2-4-7(9)16-10/h6,8H,2-5,13H2,1H3. The topological polar surface area (TPSA) is 42.2 Å². The zero-order valence-electron chi connectivity index (χ0n) is 9.12. The van der Waals surface area contributed by atoms with Crippen LogP contribution in [0.3, 0.4) is 0 Å². The van der Waals surface area contributed by atoms with Gasteiger partial charge in [-0.3, -0.25) is 0 Å². The first-order valence-corrected chi connectivity index (χ1v) is 6.14. The van der Waals surface area contributed by atoms with Crippen LogP contribution in [0, 0.1) is 0 Å². The van der Waals surface area contributed by atoms with Crippen molar-refractivity contribution in [3.63, 3.8) is 0 Å². The lowest BCUT2D eigenvalue weighted by molar-refractivity contribution is 0.156. The first kappa shape index (κ1) is 11.7. The second-order valence-corrected chi connectivity index (χ2v) is 5.14. The zero-order valence-corrected chi connectivity index (χ0v) is 9.94. The largest absolute Gasteiger partial charge is 0.345 e. The molecule has 1 aliphatic rings. The highest BCUT2D eigenvalue weighted by molar-refractivity contribution is 7.15. The summed E-state index contributed by atoms with van der Waals surface area (Å²) in [4.78, 5) is 7.03. The highest BCUT2D eigenvalue weighted by Crippen LogP contribution is 2.35. The maximum atomic E-state index is 12.2. The second-order valence-electron chi connectivity index (χ2n) is 4.08. The van der Waals surface area contributed by atoms with Gasteiger partial charge in [0.25, 0.3) is 6.43 Å². The Labute approximate surface area is 97.3 Å². The van der Waals surface area contributed by atoms with E-state index in [0.29, 0.717) is 5.13 Å². The summed E-state index contributed by atoms with van der Waals surface area (Å²) < 4.78 is 24.5. The lowest BCUT2D eigenvalue weighted by Crippen LogP contribution is -2.24. The molecule has 90 valence electrons. The van der Waals surface area contributed by atoms with Crippen molar-refractivity contribution >= 4 is 16.5 Å². The van der Waals surface area contributed by atoms with Crippen molar-refractivity contribution in [1.82, 2.24) is 4.98 Å². The van der Waals surface area contributed by atoms with Crippen molar-refractivity contribution in [1.29, 1.82) is 0 Å². The van der Waals surface area contributed by atoms with E-state index in [4.69, 9.17) is 5.73 Å². The maximum absolute atomic E-state index is 12.2. The van der Waals surface area contributed by atoms with Crippen LogP contribution >= 0.6 is 11.3 Å². The van der Waals surface area contributed by atoms with Crippen LogP contribution in [0.15, 0.2) is 0 Å². The van der Waals surface area contributed by atoms with Gasteiger partial charge >= 0.3 is 0 Å². The van der Waals surface area contributed by atoms with Gasteiger partial charge in [-0.25, -0.2) is 13.8 Å². The van der Waals surface area contributed by atoms with Crippen molar-refractivity contribution in [2.75, 3.05) is 18.5 Å². The predicted molar refractivity (Wildman–Crippen MR) is 61.3 cm³/mol. The molecule has 6 heteroatoms. The van der Waals surface area contributed by atoms with Gasteiger partial charge in [0, 0.05) is 18.0 Å². The molecule has 0 saturated carbocycles. The minimum atomic E-state index is -2.33. The summed E-state index contributed by atoms with van der Waals surface area (Å²) in [6.45, 7) is -0.276. The third-order valence-electron chi connectivity index (χ3n) is 2.72. The Morgan fingerprint density at radius 3 is 3.00 bits per heavy atom. The number of nitrogens with zero attached hydrogens (tertiary/aromatic N) is 2. The Morgan fingerprint density at radius 2 is 2.38 bits per heavy atom. The number of rotatable bonds is 3. The summed E-state index contributed by atoms with van der Waals surface area (Å²) in [7, 11) is 1.64. The molecule has 1 heterocycles. The molecule has 1 aromatic rings. The summed E-state index contributed by atoms with van der Waals surface area (Å²) in [5, 5.41) is 0.655. The van der Waals surface area contributed by atoms with E-state index in [1.165, 1.54) is 16.2 Å². The number of fused-ring (bicyclic) bond motifs is 1. The van der Waals surface area contributed by atoms with Crippen LogP contribution in [-0.4, -0.2) is 25.0 Å². The molecule has 0 saturated heterocycles. The number of hydrogen-bond donors (Lipinski definition) is 1. The number of halogens is 2. The fraction of sp³-hybridized carbons (Fsp3) is 0.700. The highest BCUT2D eigenvalue weighted by atomic mass is 32.1. The van der Waals surface area contributed by atoms with Crippen molar-refractivity contribution in [2.45, 2.75) is 31.7 Å². The lowest BCUT2D eigenvalue weighted by Gasteiger charge is -2.16. The van der Waals surface area contributed by atoms with Gasteiger partial charge in [-0.2, -0.15) is 0 Å². The zero-order chi connectivity index (χ0) is 11.7. The number of aryl methyl sites for hydroxylation is 1. The molecule has 0 aromatic carbocycles. The third kappa shape index (κ3) is 2.32. The summed E-state index contributed by atoms with van der Waals surface area (Å²) >= 11 is 1.49. The van der Waals surface area contributed by atoms with Crippen LogP contribution in [0.4, 0.5) is 13.9 Å². The molecule has 3 nitrogen and oxygen atoms in total. The molecule has 0 radical (unpaired) electrons. The molecule has 0 bridgehead atoms. The Hall–Kier alpha value is -0.750. The summed E-state index contributed by atoms with van der Waals surface area (Å²) in [6, 6.07) is -0.0197. The van der Waals surface area contributed by atoms with Crippen molar-refractivity contribution < 1.29 is 8.78 Å². The monoisotopic (exact) mass is 247 g/mol.